The molecule has 2 nitrogen and oxygen atoms in total. The molecule has 0 aromatic heterocycles. The third-order valence-electron chi connectivity index (χ3n) is 2.00. The molecule has 0 amide bonds. The van der Waals surface area contributed by atoms with Crippen LogP contribution in [0.1, 0.15) is 27.2 Å². The summed E-state index contributed by atoms with van der Waals surface area (Å²) in [7, 11) is 0. The number of benzene rings is 1. The first-order chi connectivity index (χ1) is 6.89. The van der Waals surface area contributed by atoms with Gasteiger partial charge in [0.1, 0.15) is 11.4 Å². The zero-order valence-electron chi connectivity index (χ0n) is 9.46. The lowest BCUT2D eigenvalue weighted by atomic mass is 10.0. The van der Waals surface area contributed by atoms with Gasteiger partial charge in [-0.3, -0.25) is 0 Å². The summed E-state index contributed by atoms with van der Waals surface area (Å²) >= 11 is 5.87. The molecule has 1 atom stereocenters. The maximum absolute atomic E-state index is 5.87. The van der Waals surface area contributed by atoms with Crippen LogP contribution >= 0.6 is 11.6 Å². The standard InChI is InChI=1S/C12H18ClNO/c1-9(14)8-12(2,3)15-11-6-4-5-10(13)7-11/h4-7,9H,8,14H2,1-3H3. The zero-order chi connectivity index (χ0) is 11.5. The highest BCUT2D eigenvalue weighted by Crippen LogP contribution is 2.24. The predicted octanol–water partition coefficient (Wildman–Crippen LogP) is 3.23. The van der Waals surface area contributed by atoms with Gasteiger partial charge < -0.3 is 10.5 Å². The largest absolute Gasteiger partial charge is 0.488 e. The van der Waals surface area contributed by atoms with Crippen molar-refractivity contribution in [2.75, 3.05) is 0 Å². The van der Waals surface area contributed by atoms with Gasteiger partial charge in [-0.25, -0.2) is 0 Å². The first kappa shape index (κ1) is 12.3. The second-order valence-corrected chi connectivity index (χ2v) is 4.94. The summed E-state index contributed by atoms with van der Waals surface area (Å²) in [4.78, 5) is 0. The van der Waals surface area contributed by atoms with Gasteiger partial charge in [0.05, 0.1) is 0 Å². The van der Waals surface area contributed by atoms with Crippen LogP contribution in [0.5, 0.6) is 5.75 Å². The molecule has 3 heteroatoms. The molecule has 0 radical (unpaired) electrons. The predicted molar refractivity (Wildman–Crippen MR) is 64.4 cm³/mol. The highest BCUT2D eigenvalue weighted by atomic mass is 35.5. The van der Waals surface area contributed by atoms with E-state index in [4.69, 9.17) is 22.1 Å². The van der Waals surface area contributed by atoms with E-state index in [0.29, 0.717) is 5.02 Å². The van der Waals surface area contributed by atoms with E-state index in [1.807, 2.05) is 45.0 Å². The Morgan fingerprint density at radius 1 is 1.47 bits per heavy atom. The van der Waals surface area contributed by atoms with Gasteiger partial charge in [-0.05, 0) is 39.0 Å². The Morgan fingerprint density at radius 2 is 2.13 bits per heavy atom. The molecule has 1 rings (SSSR count). The van der Waals surface area contributed by atoms with Crippen molar-refractivity contribution in [3.63, 3.8) is 0 Å². The van der Waals surface area contributed by atoms with Crippen molar-refractivity contribution in [2.24, 2.45) is 5.73 Å². The Bertz CT molecular complexity index is 323. The Labute approximate surface area is 96.4 Å². The van der Waals surface area contributed by atoms with Crippen LogP contribution in [-0.2, 0) is 0 Å². The van der Waals surface area contributed by atoms with E-state index in [-0.39, 0.29) is 11.6 Å². The summed E-state index contributed by atoms with van der Waals surface area (Å²) in [6.07, 6.45) is 0.805. The van der Waals surface area contributed by atoms with Crippen molar-refractivity contribution >= 4 is 11.6 Å². The SMILES string of the molecule is CC(N)CC(C)(C)Oc1cccc(Cl)c1. The van der Waals surface area contributed by atoms with Crippen molar-refractivity contribution in [2.45, 2.75) is 38.8 Å². The summed E-state index contributed by atoms with van der Waals surface area (Å²) in [5.74, 6) is 0.785. The number of hydrogen-bond acceptors (Lipinski definition) is 2. The number of hydrogen-bond donors (Lipinski definition) is 1. The van der Waals surface area contributed by atoms with Gasteiger partial charge >= 0.3 is 0 Å². The molecule has 1 aromatic carbocycles. The first-order valence-electron chi connectivity index (χ1n) is 5.09. The van der Waals surface area contributed by atoms with Crippen LogP contribution in [0.15, 0.2) is 24.3 Å². The monoisotopic (exact) mass is 227 g/mol. The smallest absolute Gasteiger partial charge is 0.121 e. The average molecular weight is 228 g/mol. The molecule has 0 heterocycles. The molecule has 1 unspecified atom stereocenters. The Hall–Kier alpha value is -0.730. The quantitative estimate of drug-likeness (QED) is 0.857. The van der Waals surface area contributed by atoms with Crippen molar-refractivity contribution in [1.29, 1.82) is 0 Å². The lowest BCUT2D eigenvalue weighted by Crippen LogP contribution is -2.35. The van der Waals surface area contributed by atoms with E-state index < -0.39 is 0 Å². The molecular weight excluding hydrogens is 210 g/mol. The van der Waals surface area contributed by atoms with Crippen molar-refractivity contribution in [3.05, 3.63) is 29.3 Å². The number of ether oxygens (including phenoxy) is 1. The topological polar surface area (TPSA) is 35.2 Å². The molecule has 84 valence electrons. The molecule has 0 saturated carbocycles. The molecule has 0 fully saturated rings. The van der Waals surface area contributed by atoms with E-state index >= 15 is 0 Å². The summed E-state index contributed by atoms with van der Waals surface area (Å²) in [6, 6.07) is 7.53. The van der Waals surface area contributed by atoms with Crippen molar-refractivity contribution < 1.29 is 4.74 Å². The van der Waals surface area contributed by atoms with E-state index in [2.05, 4.69) is 0 Å². The summed E-state index contributed by atoms with van der Waals surface area (Å²) in [5.41, 5.74) is 5.49. The van der Waals surface area contributed by atoms with Crippen LogP contribution in [0.25, 0.3) is 0 Å². The van der Waals surface area contributed by atoms with Gasteiger partial charge in [0.15, 0.2) is 0 Å². The molecule has 1 aromatic rings. The molecular formula is C12H18ClNO. The number of halogens is 1. The molecule has 0 aliphatic heterocycles. The van der Waals surface area contributed by atoms with E-state index in [0.717, 1.165) is 12.2 Å². The molecule has 2 N–H and O–H groups in total. The molecule has 15 heavy (non-hydrogen) atoms. The van der Waals surface area contributed by atoms with E-state index in [1.165, 1.54) is 0 Å². The lowest BCUT2D eigenvalue weighted by Gasteiger charge is -2.28. The normalized spacial score (nSPS) is 13.7. The second-order valence-electron chi connectivity index (χ2n) is 4.50. The van der Waals surface area contributed by atoms with Crippen molar-refractivity contribution in [3.8, 4) is 5.75 Å². The van der Waals surface area contributed by atoms with Gasteiger partial charge in [-0.1, -0.05) is 17.7 Å². The lowest BCUT2D eigenvalue weighted by molar-refractivity contribution is 0.0933. The van der Waals surface area contributed by atoms with Gasteiger partial charge in [-0.2, -0.15) is 0 Å². The number of rotatable bonds is 4. The third-order valence-corrected chi connectivity index (χ3v) is 2.24. The highest BCUT2D eigenvalue weighted by molar-refractivity contribution is 6.30. The third kappa shape index (κ3) is 4.54. The summed E-state index contributed by atoms with van der Waals surface area (Å²) < 4.78 is 5.83. The van der Waals surface area contributed by atoms with Gasteiger partial charge in [-0.15, -0.1) is 0 Å². The fourth-order valence-electron chi connectivity index (χ4n) is 1.67. The van der Waals surface area contributed by atoms with Crippen LogP contribution in [0.4, 0.5) is 0 Å². The maximum Gasteiger partial charge on any atom is 0.121 e. The molecule has 0 saturated heterocycles. The fraction of sp³-hybridized carbons (Fsp3) is 0.500. The minimum absolute atomic E-state index is 0.124. The maximum atomic E-state index is 5.87. The van der Waals surface area contributed by atoms with Crippen LogP contribution in [0.2, 0.25) is 5.02 Å². The van der Waals surface area contributed by atoms with E-state index in [9.17, 15) is 0 Å². The van der Waals surface area contributed by atoms with Crippen LogP contribution in [-0.4, -0.2) is 11.6 Å². The molecule has 0 bridgehead atoms. The Kier molecular flexibility index (Phi) is 4.00. The highest BCUT2D eigenvalue weighted by Gasteiger charge is 2.21. The average Bonchev–Trinajstić information content (AvgIpc) is 1.99. The fourth-order valence-corrected chi connectivity index (χ4v) is 1.85. The van der Waals surface area contributed by atoms with Crippen LogP contribution in [0.3, 0.4) is 0 Å². The summed E-state index contributed by atoms with van der Waals surface area (Å²) in [5, 5.41) is 0.684. The summed E-state index contributed by atoms with van der Waals surface area (Å²) in [6.45, 7) is 6.03. The second kappa shape index (κ2) is 4.86. The molecule has 0 aliphatic carbocycles. The van der Waals surface area contributed by atoms with Crippen LogP contribution in [0, 0.1) is 0 Å². The van der Waals surface area contributed by atoms with Crippen LogP contribution < -0.4 is 10.5 Å². The molecule has 0 aliphatic rings. The van der Waals surface area contributed by atoms with Gasteiger partial charge in [0.2, 0.25) is 0 Å². The van der Waals surface area contributed by atoms with Gasteiger partial charge in [0, 0.05) is 17.5 Å². The molecule has 0 spiro atoms. The minimum Gasteiger partial charge on any atom is -0.488 e. The first-order valence-corrected chi connectivity index (χ1v) is 5.47. The minimum atomic E-state index is -0.265. The van der Waals surface area contributed by atoms with Crippen molar-refractivity contribution in [1.82, 2.24) is 0 Å². The van der Waals surface area contributed by atoms with E-state index in [1.54, 1.807) is 0 Å². The zero-order valence-corrected chi connectivity index (χ0v) is 10.2. The number of nitrogens with two attached hydrogens (primary N) is 1. The Morgan fingerprint density at radius 3 is 2.67 bits per heavy atom. The van der Waals surface area contributed by atoms with Gasteiger partial charge in [0.25, 0.3) is 0 Å². The Balaban J connectivity index is 2.68.